The van der Waals surface area contributed by atoms with Gasteiger partial charge in [0.15, 0.2) is 0 Å². The number of nitrogens with one attached hydrogen (secondary N) is 2. The first kappa shape index (κ1) is 24.8. The fourth-order valence-corrected chi connectivity index (χ4v) is 5.39. The second-order valence-corrected chi connectivity index (χ2v) is 9.60. The lowest BCUT2D eigenvalue weighted by Crippen LogP contribution is -2.59. The standard InChI is InChI=1S/C28H34N2O5/c1-2-11-24(25(31)30-28(26(32)33)16-9-3-4-10-17-28)29-27(34)35-18-23-21-14-7-5-12-19(21)20-13-6-8-15-22(20)23/h5-8,12-15,23-24H,2-4,9-11,16-18H2,1H3,(H,29,34)(H,30,31)(H,32,33). The van der Waals surface area contributed by atoms with Gasteiger partial charge < -0.3 is 20.5 Å². The maximum Gasteiger partial charge on any atom is 0.407 e. The molecule has 0 spiro atoms. The number of amides is 2. The minimum absolute atomic E-state index is 0.0760. The molecule has 1 saturated carbocycles. The highest BCUT2D eigenvalue weighted by Gasteiger charge is 2.41. The van der Waals surface area contributed by atoms with Crippen LogP contribution in [0.5, 0.6) is 0 Å². The van der Waals surface area contributed by atoms with Crippen molar-refractivity contribution in [1.29, 1.82) is 0 Å². The monoisotopic (exact) mass is 478 g/mol. The van der Waals surface area contributed by atoms with Gasteiger partial charge in [-0.2, -0.15) is 0 Å². The summed E-state index contributed by atoms with van der Waals surface area (Å²) in [5, 5.41) is 15.4. The van der Waals surface area contributed by atoms with E-state index in [1.165, 1.54) is 0 Å². The molecule has 35 heavy (non-hydrogen) atoms. The molecule has 1 atom stereocenters. The lowest BCUT2D eigenvalue weighted by Gasteiger charge is -2.31. The third-order valence-corrected chi connectivity index (χ3v) is 7.26. The molecule has 4 rings (SSSR count). The highest BCUT2D eigenvalue weighted by atomic mass is 16.5. The Bertz CT molecular complexity index is 1030. The Labute approximate surface area is 206 Å². The molecule has 1 fully saturated rings. The minimum atomic E-state index is -1.28. The summed E-state index contributed by atoms with van der Waals surface area (Å²) in [4.78, 5) is 37.9. The minimum Gasteiger partial charge on any atom is -0.480 e. The summed E-state index contributed by atoms with van der Waals surface area (Å²) in [5.74, 6) is -1.55. The van der Waals surface area contributed by atoms with Crippen LogP contribution >= 0.6 is 0 Å². The van der Waals surface area contributed by atoms with Crippen LogP contribution in [0.25, 0.3) is 11.1 Å². The van der Waals surface area contributed by atoms with E-state index in [9.17, 15) is 19.5 Å². The third kappa shape index (κ3) is 5.34. The summed E-state index contributed by atoms with van der Waals surface area (Å²) in [7, 11) is 0. The van der Waals surface area contributed by atoms with Crippen molar-refractivity contribution in [2.24, 2.45) is 0 Å². The molecular formula is C28H34N2O5. The maximum absolute atomic E-state index is 13.1. The van der Waals surface area contributed by atoms with Gasteiger partial charge >= 0.3 is 12.1 Å². The molecule has 0 radical (unpaired) electrons. The Morgan fingerprint density at radius 3 is 2.09 bits per heavy atom. The Morgan fingerprint density at radius 2 is 1.54 bits per heavy atom. The van der Waals surface area contributed by atoms with Gasteiger partial charge in [0.25, 0.3) is 0 Å². The predicted molar refractivity (Wildman–Crippen MR) is 133 cm³/mol. The molecule has 7 heteroatoms. The predicted octanol–water partition coefficient (Wildman–Crippen LogP) is 4.99. The Balaban J connectivity index is 1.41. The van der Waals surface area contributed by atoms with E-state index >= 15 is 0 Å². The third-order valence-electron chi connectivity index (χ3n) is 7.26. The molecule has 2 aromatic carbocycles. The summed E-state index contributed by atoms with van der Waals surface area (Å²) >= 11 is 0. The Morgan fingerprint density at radius 1 is 0.971 bits per heavy atom. The van der Waals surface area contributed by atoms with Gasteiger partial charge in [-0.3, -0.25) is 4.79 Å². The molecule has 7 nitrogen and oxygen atoms in total. The summed E-state index contributed by atoms with van der Waals surface area (Å²) in [6.07, 6.45) is 4.60. The van der Waals surface area contributed by atoms with Gasteiger partial charge in [-0.15, -0.1) is 0 Å². The van der Waals surface area contributed by atoms with Crippen molar-refractivity contribution in [3.63, 3.8) is 0 Å². The molecule has 0 bridgehead atoms. The van der Waals surface area contributed by atoms with Gasteiger partial charge in [0.2, 0.25) is 5.91 Å². The van der Waals surface area contributed by atoms with Gasteiger partial charge in [-0.1, -0.05) is 87.6 Å². The van der Waals surface area contributed by atoms with E-state index in [0.717, 1.165) is 47.9 Å². The van der Waals surface area contributed by atoms with Crippen LogP contribution in [0.15, 0.2) is 48.5 Å². The largest absolute Gasteiger partial charge is 0.480 e. The van der Waals surface area contributed by atoms with Crippen LogP contribution in [0.4, 0.5) is 4.79 Å². The first-order chi connectivity index (χ1) is 16.9. The smallest absolute Gasteiger partial charge is 0.407 e. The maximum atomic E-state index is 13.1. The zero-order chi connectivity index (χ0) is 24.8. The average Bonchev–Trinajstić information content (AvgIpc) is 2.98. The fourth-order valence-electron chi connectivity index (χ4n) is 5.39. The molecule has 2 aromatic rings. The van der Waals surface area contributed by atoms with Crippen molar-refractivity contribution in [1.82, 2.24) is 10.6 Å². The molecule has 0 saturated heterocycles. The lowest BCUT2D eigenvalue weighted by molar-refractivity contribution is -0.148. The molecule has 0 heterocycles. The van der Waals surface area contributed by atoms with E-state index < -0.39 is 29.6 Å². The number of rotatable bonds is 8. The average molecular weight is 479 g/mol. The number of aliphatic carboxylic acids is 1. The van der Waals surface area contributed by atoms with Crippen molar-refractivity contribution >= 4 is 18.0 Å². The molecule has 2 aliphatic carbocycles. The number of hydrogen-bond donors (Lipinski definition) is 3. The quantitative estimate of drug-likeness (QED) is 0.464. The number of hydrogen-bond acceptors (Lipinski definition) is 4. The van der Waals surface area contributed by atoms with E-state index in [1.807, 2.05) is 43.3 Å². The number of carbonyl (C=O) groups is 3. The van der Waals surface area contributed by atoms with Crippen molar-refractivity contribution < 1.29 is 24.2 Å². The van der Waals surface area contributed by atoms with E-state index in [1.54, 1.807) is 0 Å². The second-order valence-electron chi connectivity index (χ2n) is 9.60. The van der Waals surface area contributed by atoms with Crippen LogP contribution in [0.2, 0.25) is 0 Å². The topological polar surface area (TPSA) is 105 Å². The normalized spacial score (nSPS) is 17.4. The molecule has 2 aliphatic rings. The summed E-state index contributed by atoms with van der Waals surface area (Å²) in [5.41, 5.74) is 3.23. The molecule has 2 amide bonds. The van der Waals surface area contributed by atoms with E-state index in [4.69, 9.17) is 4.74 Å². The number of fused-ring (bicyclic) bond motifs is 3. The number of benzene rings is 2. The number of ether oxygens (including phenoxy) is 1. The Kier molecular flexibility index (Phi) is 7.73. The zero-order valence-electron chi connectivity index (χ0n) is 20.2. The van der Waals surface area contributed by atoms with Gasteiger partial charge in [0.05, 0.1) is 0 Å². The molecule has 1 unspecified atom stereocenters. The fraction of sp³-hybridized carbons (Fsp3) is 0.464. The molecular weight excluding hydrogens is 444 g/mol. The van der Waals surface area contributed by atoms with Crippen LogP contribution in [0, 0.1) is 0 Å². The number of alkyl carbamates (subject to hydrolysis) is 1. The number of carboxylic acid groups (broad SMARTS) is 1. The van der Waals surface area contributed by atoms with Crippen molar-refractivity contribution in [2.75, 3.05) is 6.61 Å². The molecule has 3 N–H and O–H groups in total. The van der Waals surface area contributed by atoms with Crippen LogP contribution in [0.1, 0.15) is 75.3 Å². The molecule has 0 aromatic heterocycles. The SMILES string of the molecule is CCCC(NC(=O)OCC1c2ccccc2-c2ccccc21)C(=O)NC1(C(=O)O)CCCCCC1. The molecule has 186 valence electrons. The van der Waals surface area contributed by atoms with Gasteiger partial charge in [0.1, 0.15) is 18.2 Å². The van der Waals surface area contributed by atoms with Crippen LogP contribution in [-0.4, -0.2) is 41.3 Å². The lowest BCUT2D eigenvalue weighted by atomic mass is 9.89. The van der Waals surface area contributed by atoms with Gasteiger partial charge in [0, 0.05) is 5.92 Å². The van der Waals surface area contributed by atoms with Crippen LogP contribution in [0.3, 0.4) is 0 Å². The van der Waals surface area contributed by atoms with E-state index in [0.29, 0.717) is 25.7 Å². The zero-order valence-corrected chi connectivity index (χ0v) is 20.2. The van der Waals surface area contributed by atoms with Crippen molar-refractivity contribution in [3.05, 3.63) is 59.7 Å². The molecule has 0 aliphatic heterocycles. The summed E-state index contributed by atoms with van der Waals surface area (Å²) in [6.45, 7) is 2.07. The van der Waals surface area contributed by atoms with Crippen LogP contribution in [-0.2, 0) is 14.3 Å². The second kappa shape index (κ2) is 10.9. The number of carbonyl (C=O) groups excluding carboxylic acids is 2. The highest BCUT2D eigenvalue weighted by Crippen LogP contribution is 2.44. The van der Waals surface area contributed by atoms with Crippen LogP contribution < -0.4 is 10.6 Å². The van der Waals surface area contributed by atoms with Gasteiger partial charge in [-0.05, 0) is 41.5 Å². The van der Waals surface area contributed by atoms with E-state index in [2.05, 4.69) is 22.8 Å². The van der Waals surface area contributed by atoms with Gasteiger partial charge in [-0.25, -0.2) is 9.59 Å². The summed E-state index contributed by atoms with van der Waals surface area (Å²) < 4.78 is 5.60. The summed E-state index contributed by atoms with van der Waals surface area (Å²) in [6, 6.07) is 15.3. The first-order valence-corrected chi connectivity index (χ1v) is 12.6. The van der Waals surface area contributed by atoms with Crippen molar-refractivity contribution in [2.45, 2.75) is 75.8 Å². The number of carboxylic acids is 1. The highest BCUT2D eigenvalue weighted by molar-refractivity contribution is 5.91. The Hall–Kier alpha value is -3.35. The van der Waals surface area contributed by atoms with E-state index in [-0.39, 0.29) is 12.5 Å². The van der Waals surface area contributed by atoms with Crippen molar-refractivity contribution in [3.8, 4) is 11.1 Å². The first-order valence-electron chi connectivity index (χ1n) is 12.6.